The normalized spacial score (nSPS) is 22.2. The molecule has 2 saturated heterocycles. The second-order valence-corrected chi connectivity index (χ2v) is 2.72. The fourth-order valence-electron chi connectivity index (χ4n) is 1.03. The van der Waals surface area contributed by atoms with Crippen molar-refractivity contribution in [3.8, 4) is 0 Å². The van der Waals surface area contributed by atoms with Gasteiger partial charge in [-0.3, -0.25) is 0 Å². The van der Waals surface area contributed by atoms with Gasteiger partial charge in [-0.2, -0.15) is 0 Å². The molecule has 2 heterocycles. The van der Waals surface area contributed by atoms with E-state index in [-0.39, 0.29) is 8.41 Å². The molecule has 0 amide bonds. The van der Waals surface area contributed by atoms with Crippen molar-refractivity contribution < 1.29 is 9.47 Å². The Hall–Kier alpha value is -0.0951. The summed E-state index contributed by atoms with van der Waals surface area (Å²) in [6.07, 6.45) is 0. The molecule has 2 N–H and O–H groups in total. The van der Waals surface area contributed by atoms with Gasteiger partial charge in [0.25, 0.3) is 0 Å². The predicted molar refractivity (Wildman–Crippen MR) is 57.3 cm³/mol. The van der Waals surface area contributed by atoms with E-state index in [4.69, 9.17) is 9.47 Å². The monoisotopic (exact) mass is 188 g/mol. The molecule has 0 aromatic rings. The number of hydrogen-bond acceptors (Lipinski definition) is 4. The number of morpholine rings is 2. The molecule has 5 heteroatoms. The largest absolute Gasteiger partial charge is 0.379 e. The van der Waals surface area contributed by atoms with Crippen molar-refractivity contribution in [1.82, 2.24) is 10.6 Å². The van der Waals surface area contributed by atoms with E-state index in [1.807, 2.05) is 0 Å². The first-order valence-electron chi connectivity index (χ1n) is 4.57. The third kappa shape index (κ3) is 8.24. The first-order chi connectivity index (χ1) is 6.00. The summed E-state index contributed by atoms with van der Waals surface area (Å²) in [5.74, 6) is 0. The molecular formula is C8H21BN2O2. The lowest BCUT2D eigenvalue weighted by molar-refractivity contribution is 0.109. The lowest BCUT2D eigenvalue weighted by Crippen LogP contribution is -2.30. The zero-order valence-corrected chi connectivity index (χ0v) is 7.47. The van der Waals surface area contributed by atoms with Gasteiger partial charge in [-0.15, -0.1) is 0 Å². The molecule has 0 aliphatic carbocycles. The van der Waals surface area contributed by atoms with Gasteiger partial charge in [-0.05, 0) is 0 Å². The lowest BCUT2D eigenvalue weighted by Gasteiger charge is -2.10. The van der Waals surface area contributed by atoms with Crippen LogP contribution >= 0.6 is 0 Å². The second-order valence-electron chi connectivity index (χ2n) is 2.72. The van der Waals surface area contributed by atoms with Gasteiger partial charge >= 0.3 is 0 Å². The molecule has 0 bridgehead atoms. The van der Waals surface area contributed by atoms with Crippen molar-refractivity contribution in [3.05, 3.63) is 0 Å². The fraction of sp³-hybridized carbons (Fsp3) is 1.00. The molecule has 0 aromatic heterocycles. The van der Waals surface area contributed by atoms with E-state index in [1.165, 1.54) is 0 Å². The van der Waals surface area contributed by atoms with Crippen LogP contribution in [-0.4, -0.2) is 61.0 Å². The molecule has 78 valence electrons. The third-order valence-electron chi connectivity index (χ3n) is 1.69. The van der Waals surface area contributed by atoms with Crippen molar-refractivity contribution in [3.63, 3.8) is 0 Å². The van der Waals surface area contributed by atoms with Crippen molar-refractivity contribution in [2.45, 2.75) is 0 Å². The van der Waals surface area contributed by atoms with Gasteiger partial charge < -0.3 is 20.1 Å². The molecule has 2 fully saturated rings. The molecule has 0 atom stereocenters. The average molecular weight is 188 g/mol. The predicted octanol–water partition coefficient (Wildman–Crippen LogP) is -1.97. The highest BCUT2D eigenvalue weighted by Crippen LogP contribution is 1.77. The lowest BCUT2D eigenvalue weighted by atomic mass is 10.5. The van der Waals surface area contributed by atoms with Gasteiger partial charge in [0.1, 0.15) is 0 Å². The smallest absolute Gasteiger partial charge is 0.0814 e. The number of ether oxygens (including phenoxy) is 2. The van der Waals surface area contributed by atoms with Gasteiger partial charge in [0.15, 0.2) is 0 Å². The first-order valence-corrected chi connectivity index (χ1v) is 4.57. The fourth-order valence-corrected chi connectivity index (χ4v) is 1.03. The van der Waals surface area contributed by atoms with Crippen LogP contribution in [-0.2, 0) is 9.47 Å². The molecule has 2 aliphatic heterocycles. The van der Waals surface area contributed by atoms with E-state index in [1.54, 1.807) is 0 Å². The Morgan fingerprint density at radius 1 is 0.615 bits per heavy atom. The van der Waals surface area contributed by atoms with Crippen molar-refractivity contribution in [2.75, 3.05) is 52.6 Å². The van der Waals surface area contributed by atoms with Crippen LogP contribution in [0.4, 0.5) is 0 Å². The summed E-state index contributed by atoms with van der Waals surface area (Å²) in [6, 6.07) is 0. The molecular weight excluding hydrogens is 167 g/mol. The summed E-state index contributed by atoms with van der Waals surface area (Å²) < 4.78 is 10.0. The number of hydrogen-bond donors (Lipinski definition) is 2. The Labute approximate surface area is 81.9 Å². The zero-order chi connectivity index (χ0) is 8.49. The van der Waals surface area contributed by atoms with Crippen LogP contribution < -0.4 is 10.6 Å². The van der Waals surface area contributed by atoms with Crippen LogP contribution in [0.2, 0.25) is 0 Å². The molecule has 2 rings (SSSR count). The number of nitrogens with one attached hydrogen (secondary N) is 2. The minimum atomic E-state index is 0. The Balaban J connectivity index is 0.000000206. The molecule has 0 radical (unpaired) electrons. The van der Waals surface area contributed by atoms with Gasteiger partial charge in [-0.1, -0.05) is 0 Å². The maximum atomic E-state index is 5.01. The van der Waals surface area contributed by atoms with Crippen molar-refractivity contribution in [2.24, 2.45) is 0 Å². The zero-order valence-electron chi connectivity index (χ0n) is 7.47. The quantitative estimate of drug-likeness (QED) is 0.433. The van der Waals surface area contributed by atoms with Crippen LogP contribution in [0, 0.1) is 0 Å². The highest BCUT2D eigenvalue weighted by Gasteiger charge is 1.93. The van der Waals surface area contributed by atoms with E-state index in [2.05, 4.69) is 10.6 Å². The van der Waals surface area contributed by atoms with E-state index < -0.39 is 0 Å². The van der Waals surface area contributed by atoms with Gasteiger partial charge in [0, 0.05) is 26.2 Å². The highest BCUT2D eigenvalue weighted by atomic mass is 16.5. The van der Waals surface area contributed by atoms with E-state index >= 15 is 0 Å². The highest BCUT2D eigenvalue weighted by molar-refractivity contribution is 5.75. The maximum absolute atomic E-state index is 5.01. The Morgan fingerprint density at radius 3 is 1.00 bits per heavy atom. The molecule has 0 saturated carbocycles. The topological polar surface area (TPSA) is 42.5 Å². The van der Waals surface area contributed by atoms with Crippen LogP contribution in [0.3, 0.4) is 0 Å². The minimum Gasteiger partial charge on any atom is -0.379 e. The number of rotatable bonds is 0. The molecule has 0 spiro atoms. The summed E-state index contributed by atoms with van der Waals surface area (Å²) in [4.78, 5) is 0. The minimum absolute atomic E-state index is 0. The standard InChI is InChI=1S/2C4H9NO.BH3/c2*1-3-6-4-2-5-1;/h2*5H,1-4H2;1H3. The van der Waals surface area contributed by atoms with Crippen molar-refractivity contribution in [1.29, 1.82) is 0 Å². The van der Waals surface area contributed by atoms with E-state index in [9.17, 15) is 0 Å². The second kappa shape index (κ2) is 9.99. The molecule has 4 nitrogen and oxygen atoms in total. The molecule has 0 unspecified atom stereocenters. The molecule has 2 aliphatic rings. The average Bonchev–Trinajstić information content (AvgIpc) is 2.24. The van der Waals surface area contributed by atoms with Crippen LogP contribution in [0.5, 0.6) is 0 Å². The van der Waals surface area contributed by atoms with Crippen LogP contribution in [0.25, 0.3) is 0 Å². The van der Waals surface area contributed by atoms with Crippen LogP contribution in [0.15, 0.2) is 0 Å². The summed E-state index contributed by atoms with van der Waals surface area (Å²) >= 11 is 0. The van der Waals surface area contributed by atoms with E-state index in [0.29, 0.717) is 0 Å². The molecule has 13 heavy (non-hydrogen) atoms. The van der Waals surface area contributed by atoms with Gasteiger partial charge in [-0.25, -0.2) is 0 Å². The molecule has 0 aromatic carbocycles. The Morgan fingerprint density at radius 2 is 0.923 bits per heavy atom. The Kier molecular flexibility index (Phi) is 9.92. The maximum Gasteiger partial charge on any atom is 0.0814 e. The third-order valence-corrected chi connectivity index (χ3v) is 1.69. The Bertz CT molecular complexity index is 63.1. The summed E-state index contributed by atoms with van der Waals surface area (Å²) in [5, 5.41) is 6.32. The van der Waals surface area contributed by atoms with Gasteiger partial charge in [0.2, 0.25) is 0 Å². The summed E-state index contributed by atoms with van der Waals surface area (Å²) in [7, 11) is 0. The van der Waals surface area contributed by atoms with Gasteiger partial charge in [0.05, 0.1) is 34.8 Å². The summed E-state index contributed by atoms with van der Waals surface area (Å²) in [5.41, 5.74) is 0. The first kappa shape index (κ1) is 12.9. The summed E-state index contributed by atoms with van der Waals surface area (Å²) in [6.45, 7) is 7.67. The van der Waals surface area contributed by atoms with Crippen LogP contribution in [0.1, 0.15) is 0 Å². The van der Waals surface area contributed by atoms with E-state index in [0.717, 1.165) is 52.6 Å². The SMILES string of the molecule is B.C1COCCN1.C1COCCN1. The van der Waals surface area contributed by atoms with Crippen molar-refractivity contribution >= 4 is 8.41 Å².